The first kappa shape index (κ1) is 20.8. The standard InChI is InChI=1S/C21H22BrNO4/c1-13(2)19(21(25)26-4)23-12-15-9-17(22)11-18(10-15)27-20(24)16-7-5-6-14(3)8-16/h5-13,19H,1-4H3. The van der Waals surface area contributed by atoms with Crippen LogP contribution in [0, 0.1) is 12.8 Å². The Morgan fingerprint density at radius 1 is 1.15 bits per heavy atom. The monoisotopic (exact) mass is 431 g/mol. The van der Waals surface area contributed by atoms with E-state index in [1.165, 1.54) is 7.11 Å². The second-order valence-electron chi connectivity index (χ2n) is 6.47. The van der Waals surface area contributed by atoms with E-state index in [1.54, 1.807) is 30.5 Å². The number of methoxy groups -OCH3 is 1. The van der Waals surface area contributed by atoms with Crippen LogP contribution in [0.15, 0.2) is 51.9 Å². The van der Waals surface area contributed by atoms with Gasteiger partial charge in [-0.2, -0.15) is 0 Å². The predicted molar refractivity (Wildman–Crippen MR) is 109 cm³/mol. The fourth-order valence-corrected chi connectivity index (χ4v) is 2.94. The highest BCUT2D eigenvalue weighted by Gasteiger charge is 2.21. The zero-order valence-corrected chi connectivity index (χ0v) is 17.3. The molecule has 2 aromatic rings. The summed E-state index contributed by atoms with van der Waals surface area (Å²) < 4.78 is 11.0. The molecule has 0 bridgehead atoms. The zero-order valence-electron chi connectivity index (χ0n) is 15.7. The number of halogens is 1. The Balaban J connectivity index is 2.21. The highest BCUT2D eigenvalue weighted by atomic mass is 79.9. The molecule has 0 heterocycles. The number of benzene rings is 2. The molecule has 0 aliphatic rings. The number of nitrogens with zero attached hydrogens (tertiary/aromatic N) is 1. The van der Waals surface area contributed by atoms with Crippen molar-refractivity contribution < 1.29 is 19.1 Å². The van der Waals surface area contributed by atoms with Gasteiger partial charge in [0.2, 0.25) is 0 Å². The number of esters is 2. The van der Waals surface area contributed by atoms with Crippen LogP contribution in [0.5, 0.6) is 5.75 Å². The lowest BCUT2D eigenvalue weighted by atomic mass is 10.1. The van der Waals surface area contributed by atoms with Crippen molar-refractivity contribution in [3.8, 4) is 5.75 Å². The fourth-order valence-electron chi connectivity index (χ4n) is 2.45. The molecule has 0 radical (unpaired) electrons. The molecule has 0 aliphatic carbocycles. The van der Waals surface area contributed by atoms with Crippen molar-refractivity contribution in [2.75, 3.05) is 7.11 Å². The van der Waals surface area contributed by atoms with Crippen molar-refractivity contribution in [3.63, 3.8) is 0 Å². The SMILES string of the molecule is COC(=O)C(N=Cc1cc(Br)cc(OC(=O)c2cccc(C)c2)c1)C(C)C. The summed E-state index contributed by atoms with van der Waals surface area (Å²) >= 11 is 3.40. The first-order valence-electron chi connectivity index (χ1n) is 8.50. The van der Waals surface area contributed by atoms with Crippen molar-refractivity contribution in [2.24, 2.45) is 10.9 Å². The maximum absolute atomic E-state index is 12.3. The zero-order chi connectivity index (χ0) is 20.0. The normalized spacial score (nSPS) is 12.2. The average Bonchev–Trinajstić information content (AvgIpc) is 2.60. The minimum atomic E-state index is -0.590. The Labute approximate surface area is 167 Å². The minimum absolute atomic E-state index is 0.000489. The Morgan fingerprint density at radius 2 is 1.89 bits per heavy atom. The molecular weight excluding hydrogens is 410 g/mol. The summed E-state index contributed by atoms with van der Waals surface area (Å²) in [5.74, 6) is -0.437. The number of hydrogen-bond donors (Lipinski definition) is 0. The lowest BCUT2D eigenvalue weighted by Crippen LogP contribution is -2.26. The number of aryl methyl sites for hydroxylation is 1. The molecule has 0 aromatic heterocycles. The van der Waals surface area contributed by atoms with E-state index in [1.807, 2.05) is 39.0 Å². The van der Waals surface area contributed by atoms with Gasteiger partial charge in [0.25, 0.3) is 0 Å². The summed E-state index contributed by atoms with van der Waals surface area (Å²) in [7, 11) is 1.34. The van der Waals surface area contributed by atoms with Crippen LogP contribution in [-0.2, 0) is 9.53 Å². The molecule has 0 amide bonds. The Morgan fingerprint density at radius 3 is 2.52 bits per heavy atom. The van der Waals surface area contributed by atoms with Gasteiger partial charge >= 0.3 is 11.9 Å². The maximum Gasteiger partial charge on any atom is 0.343 e. The van der Waals surface area contributed by atoms with Gasteiger partial charge in [-0.1, -0.05) is 47.5 Å². The van der Waals surface area contributed by atoms with Gasteiger partial charge in [0.15, 0.2) is 0 Å². The highest BCUT2D eigenvalue weighted by Crippen LogP contribution is 2.22. The molecule has 2 aromatic carbocycles. The van der Waals surface area contributed by atoms with Crippen molar-refractivity contribution in [1.29, 1.82) is 0 Å². The summed E-state index contributed by atoms with van der Waals surface area (Å²) in [6.45, 7) is 5.71. The predicted octanol–water partition coefficient (Wildman–Crippen LogP) is 4.59. The third-order valence-electron chi connectivity index (χ3n) is 3.82. The summed E-state index contributed by atoms with van der Waals surface area (Å²) in [6.07, 6.45) is 1.58. The molecule has 142 valence electrons. The number of carbonyl (C=O) groups is 2. The molecular formula is C21H22BrNO4. The molecule has 6 heteroatoms. The van der Waals surface area contributed by atoms with E-state index < -0.39 is 12.0 Å². The van der Waals surface area contributed by atoms with Crippen molar-refractivity contribution in [1.82, 2.24) is 0 Å². The van der Waals surface area contributed by atoms with E-state index in [-0.39, 0.29) is 11.9 Å². The molecule has 0 spiro atoms. The Hall–Kier alpha value is -2.47. The van der Waals surface area contributed by atoms with E-state index in [0.717, 1.165) is 10.0 Å². The molecule has 1 atom stereocenters. The van der Waals surface area contributed by atoms with Crippen molar-refractivity contribution in [2.45, 2.75) is 26.8 Å². The maximum atomic E-state index is 12.3. The molecule has 2 rings (SSSR count). The molecule has 1 unspecified atom stereocenters. The summed E-state index contributed by atoms with van der Waals surface area (Å²) in [5, 5.41) is 0. The number of carbonyl (C=O) groups excluding carboxylic acids is 2. The average molecular weight is 432 g/mol. The minimum Gasteiger partial charge on any atom is -0.467 e. The Bertz CT molecular complexity index is 861. The lowest BCUT2D eigenvalue weighted by molar-refractivity contribution is -0.143. The number of ether oxygens (including phenoxy) is 2. The summed E-state index contributed by atoms with van der Waals surface area (Å²) in [4.78, 5) is 28.5. The molecule has 0 fully saturated rings. The molecule has 0 saturated heterocycles. The van der Waals surface area contributed by atoms with Crippen LogP contribution in [0.3, 0.4) is 0 Å². The van der Waals surface area contributed by atoms with E-state index in [0.29, 0.717) is 16.9 Å². The summed E-state index contributed by atoms with van der Waals surface area (Å²) in [5.41, 5.74) is 2.16. The molecule has 0 aliphatic heterocycles. The Kier molecular flexibility index (Phi) is 7.30. The largest absolute Gasteiger partial charge is 0.467 e. The topological polar surface area (TPSA) is 65.0 Å². The lowest BCUT2D eigenvalue weighted by Gasteiger charge is -2.13. The van der Waals surface area contributed by atoms with E-state index in [2.05, 4.69) is 20.9 Å². The smallest absolute Gasteiger partial charge is 0.343 e. The molecule has 0 saturated carbocycles. The van der Waals surface area contributed by atoms with Crippen molar-refractivity contribution >= 4 is 34.1 Å². The van der Waals surface area contributed by atoms with Gasteiger partial charge in [0.1, 0.15) is 11.8 Å². The number of aliphatic imine (C=N–C) groups is 1. The van der Waals surface area contributed by atoms with Gasteiger partial charge < -0.3 is 9.47 Å². The van der Waals surface area contributed by atoms with Gasteiger partial charge in [0, 0.05) is 10.7 Å². The number of rotatable bonds is 6. The van der Waals surface area contributed by atoms with Crippen LogP contribution >= 0.6 is 15.9 Å². The highest BCUT2D eigenvalue weighted by molar-refractivity contribution is 9.10. The third kappa shape index (κ3) is 6.03. The first-order valence-corrected chi connectivity index (χ1v) is 9.30. The van der Waals surface area contributed by atoms with Crippen LogP contribution in [-0.4, -0.2) is 31.3 Å². The second kappa shape index (κ2) is 9.46. The quantitative estimate of drug-likeness (QED) is 0.381. The van der Waals surface area contributed by atoms with E-state index in [9.17, 15) is 9.59 Å². The van der Waals surface area contributed by atoms with Crippen LogP contribution in [0.4, 0.5) is 0 Å². The van der Waals surface area contributed by atoms with Gasteiger partial charge in [-0.25, -0.2) is 9.59 Å². The second-order valence-corrected chi connectivity index (χ2v) is 7.39. The van der Waals surface area contributed by atoms with E-state index >= 15 is 0 Å². The number of hydrogen-bond acceptors (Lipinski definition) is 5. The molecule has 0 N–H and O–H groups in total. The van der Waals surface area contributed by atoms with Gasteiger partial charge in [0.05, 0.1) is 12.7 Å². The molecule has 27 heavy (non-hydrogen) atoms. The first-order chi connectivity index (χ1) is 12.8. The van der Waals surface area contributed by atoms with Crippen LogP contribution < -0.4 is 4.74 Å². The van der Waals surface area contributed by atoms with Gasteiger partial charge in [-0.15, -0.1) is 0 Å². The van der Waals surface area contributed by atoms with Crippen LogP contribution in [0.2, 0.25) is 0 Å². The van der Waals surface area contributed by atoms with Crippen LogP contribution in [0.25, 0.3) is 0 Å². The van der Waals surface area contributed by atoms with Gasteiger partial charge in [-0.05, 0) is 48.7 Å². The van der Waals surface area contributed by atoms with E-state index in [4.69, 9.17) is 9.47 Å². The van der Waals surface area contributed by atoms with Crippen molar-refractivity contribution in [3.05, 3.63) is 63.6 Å². The third-order valence-corrected chi connectivity index (χ3v) is 4.27. The van der Waals surface area contributed by atoms with Gasteiger partial charge in [-0.3, -0.25) is 4.99 Å². The fraction of sp³-hybridized carbons (Fsp3) is 0.286. The molecule has 5 nitrogen and oxygen atoms in total. The van der Waals surface area contributed by atoms with Crippen LogP contribution in [0.1, 0.15) is 35.3 Å². The summed E-state index contributed by atoms with van der Waals surface area (Å²) in [6, 6.07) is 11.8.